The molecule has 0 spiro atoms. The van der Waals surface area contributed by atoms with Crippen LogP contribution >= 0.6 is 0 Å². The highest BCUT2D eigenvalue weighted by atomic mass is 14.0. The van der Waals surface area contributed by atoms with Gasteiger partial charge in [-0.1, -0.05) is 43.9 Å². The zero-order chi connectivity index (χ0) is 9.40. The van der Waals surface area contributed by atoms with Gasteiger partial charge in [-0.05, 0) is 31.4 Å². The summed E-state index contributed by atoms with van der Waals surface area (Å²) in [5.41, 5.74) is 2.61. The molecule has 0 radical (unpaired) electrons. The SMILES string of the molecule is C=C\C=C/C(=C/C)C(/C)=C\CC. The molecule has 0 unspecified atom stereocenters. The summed E-state index contributed by atoms with van der Waals surface area (Å²) in [5.74, 6) is 0. The van der Waals surface area contributed by atoms with Crippen LogP contribution in [0.15, 0.2) is 48.1 Å². The smallest absolute Gasteiger partial charge is 0.0273 e. The first-order chi connectivity index (χ1) is 5.76. The van der Waals surface area contributed by atoms with Gasteiger partial charge in [0.2, 0.25) is 0 Å². The molecule has 0 heteroatoms. The molecule has 0 saturated carbocycles. The zero-order valence-electron chi connectivity index (χ0n) is 8.30. The predicted molar refractivity (Wildman–Crippen MR) is 57.1 cm³/mol. The van der Waals surface area contributed by atoms with E-state index in [4.69, 9.17) is 0 Å². The van der Waals surface area contributed by atoms with E-state index in [9.17, 15) is 0 Å². The van der Waals surface area contributed by atoms with E-state index in [-0.39, 0.29) is 0 Å². The van der Waals surface area contributed by atoms with Crippen molar-refractivity contribution in [1.29, 1.82) is 0 Å². The lowest BCUT2D eigenvalue weighted by molar-refractivity contribution is 1.18. The van der Waals surface area contributed by atoms with E-state index in [2.05, 4.69) is 45.6 Å². The first-order valence-corrected chi connectivity index (χ1v) is 4.38. The molecule has 0 heterocycles. The van der Waals surface area contributed by atoms with Crippen molar-refractivity contribution in [3.63, 3.8) is 0 Å². The van der Waals surface area contributed by atoms with Gasteiger partial charge in [0, 0.05) is 0 Å². The second-order valence-electron chi connectivity index (χ2n) is 2.63. The topological polar surface area (TPSA) is 0 Å². The van der Waals surface area contributed by atoms with E-state index in [0.717, 1.165) is 6.42 Å². The van der Waals surface area contributed by atoms with E-state index in [1.54, 1.807) is 6.08 Å². The molecule has 0 bridgehead atoms. The van der Waals surface area contributed by atoms with Crippen LogP contribution in [0.2, 0.25) is 0 Å². The van der Waals surface area contributed by atoms with Crippen molar-refractivity contribution in [2.24, 2.45) is 0 Å². The van der Waals surface area contributed by atoms with Crippen molar-refractivity contribution in [3.05, 3.63) is 48.1 Å². The minimum absolute atomic E-state index is 1.09. The fourth-order valence-electron chi connectivity index (χ4n) is 1.05. The molecule has 0 fully saturated rings. The van der Waals surface area contributed by atoms with Crippen molar-refractivity contribution in [3.8, 4) is 0 Å². The number of allylic oxidation sites excluding steroid dienone is 7. The lowest BCUT2D eigenvalue weighted by Crippen LogP contribution is -1.79. The fourth-order valence-corrected chi connectivity index (χ4v) is 1.05. The number of hydrogen-bond donors (Lipinski definition) is 0. The Morgan fingerprint density at radius 3 is 2.50 bits per heavy atom. The van der Waals surface area contributed by atoms with Crippen molar-refractivity contribution in [1.82, 2.24) is 0 Å². The summed E-state index contributed by atoms with van der Waals surface area (Å²) in [6.07, 6.45) is 11.3. The summed E-state index contributed by atoms with van der Waals surface area (Å²) in [4.78, 5) is 0. The molecule has 0 amide bonds. The molecule has 0 aliphatic rings. The molecule has 12 heavy (non-hydrogen) atoms. The summed E-state index contributed by atoms with van der Waals surface area (Å²) in [5, 5.41) is 0. The number of hydrogen-bond acceptors (Lipinski definition) is 0. The molecule has 0 N–H and O–H groups in total. The van der Waals surface area contributed by atoms with E-state index < -0.39 is 0 Å². The van der Waals surface area contributed by atoms with Crippen molar-refractivity contribution < 1.29 is 0 Å². The third-order valence-electron chi connectivity index (χ3n) is 1.69. The Hall–Kier alpha value is -1.04. The van der Waals surface area contributed by atoms with E-state index in [0.29, 0.717) is 0 Å². The molecular weight excluding hydrogens is 144 g/mol. The maximum Gasteiger partial charge on any atom is -0.0273 e. The summed E-state index contributed by atoms with van der Waals surface area (Å²) in [6.45, 7) is 9.97. The van der Waals surface area contributed by atoms with Crippen molar-refractivity contribution in [2.75, 3.05) is 0 Å². The van der Waals surface area contributed by atoms with Crippen LogP contribution in [0, 0.1) is 0 Å². The largest absolute Gasteiger partial charge is 0.0991 e. The Morgan fingerprint density at radius 1 is 1.42 bits per heavy atom. The zero-order valence-corrected chi connectivity index (χ0v) is 8.30. The quantitative estimate of drug-likeness (QED) is 0.547. The normalized spacial score (nSPS) is 13.9. The van der Waals surface area contributed by atoms with Gasteiger partial charge >= 0.3 is 0 Å². The van der Waals surface area contributed by atoms with Crippen LogP contribution in [0.5, 0.6) is 0 Å². The first kappa shape index (κ1) is 11.0. The summed E-state index contributed by atoms with van der Waals surface area (Å²) >= 11 is 0. The molecule has 66 valence electrons. The van der Waals surface area contributed by atoms with Gasteiger partial charge < -0.3 is 0 Å². The second kappa shape index (κ2) is 6.66. The Labute approximate surface area is 76.0 Å². The van der Waals surface area contributed by atoms with Crippen LogP contribution in [-0.4, -0.2) is 0 Å². The fraction of sp³-hybridized carbons (Fsp3) is 0.333. The van der Waals surface area contributed by atoms with E-state index in [1.807, 2.05) is 6.08 Å². The molecule has 0 aromatic heterocycles. The van der Waals surface area contributed by atoms with Crippen LogP contribution < -0.4 is 0 Å². The molecule has 0 aliphatic heterocycles. The average molecular weight is 162 g/mol. The summed E-state index contributed by atoms with van der Waals surface area (Å²) in [6, 6.07) is 0. The van der Waals surface area contributed by atoms with Crippen LogP contribution in [0.3, 0.4) is 0 Å². The highest BCUT2D eigenvalue weighted by molar-refractivity contribution is 5.38. The second-order valence-corrected chi connectivity index (χ2v) is 2.63. The Balaban J connectivity index is 4.47. The molecular formula is C12H18. The van der Waals surface area contributed by atoms with Gasteiger partial charge in [-0.3, -0.25) is 0 Å². The van der Waals surface area contributed by atoms with Crippen molar-refractivity contribution in [2.45, 2.75) is 27.2 Å². The molecule has 0 aromatic carbocycles. The third-order valence-corrected chi connectivity index (χ3v) is 1.69. The van der Waals surface area contributed by atoms with Gasteiger partial charge in [0.15, 0.2) is 0 Å². The Bertz CT molecular complexity index is 214. The maximum absolute atomic E-state index is 3.64. The van der Waals surface area contributed by atoms with E-state index >= 15 is 0 Å². The lowest BCUT2D eigenvalue weighted by Gasteiger charge is -1.99. The standard InChI is InChI=1S/C12H18/c1-5-8-10-12(7-3)11(4)9-6-2/h5,7-10H,1,6H2,2-4H3/b10-8-,11-9-,12-7-. The Kier molecular flexibility index (Phi) is 6.08. The lowest BCUT2D eigenvalue weighted by atomic mass is 10.1. The molecule has 0 rings (SSSR count). The number of rotatable bonds is 4. The van der Waals surface area contributed by atoms with Crippen LogP contribution in [0.25, 0.3) is 0 Å². The highest BCUT2D eigenvalue weighted by Crippen LogP contribution is 2.11. The molecule has 0 saturated heterocycles. The Morgan fingerprint density at radius 2 is 2.08 bits per heavy atom. The predicted octanol–water partition coefficient (Wildman–Crippen LogP) is 4.03. The minimum atomic E-state index is 1.09. The monoisotopic (exact) mass is 162 g/mol. The highest BCUT2D eigenvalue weighted by Gasteiger charge is 1.91. The summed E-state index contributed by atoms with van der Waals surface area (Å²) < 4.78 is 0. The van der Waals surface area contributed by atoms with Gasteiger partial charge in [-0.25, -0.2) is 0 Å². The molecule has 0 aromatic rings. The van der Waals surface area contributed by atoms with Crippen LogP contribution in [0.4, 0.5) is 0 Å². The maximum atomic E-state index is 3.64. The molecule has 0 atom stereocenters. The van der Waals surface area contributed by atoms with Crippen molar-refractivity contribution >= 4 is 0 Å². The van der Waals surface area contributed by atoms with E-state index in [1.165, 1.54) is 11.1 Å². The van der Waals surface area contributed by atoms with Gasteiger partial charge in [-0.15, -0.1) is 0 Å². The molecule has 0 nitrogen and oxygen atoms in total. The van der Waals surface area contributed by atoms with Gasteiger partial charge in [0.25, 0.3) is 0 Å². The third kappa shape index (κ3) is 3.97. The van der Waals surface area contributed by atoms with Crippen LogP contribution in [0.1, 0.15) is 27.2 Å². The minimum Gasteiger partial charge on any atom is -0.0991 e. The van der Waals surface area contributed by atoms with Gasteiger partial charge in [-0.2, -0.15) is 0 Å². The van der Waals surface area contributed by atoms with Gasteiger partial charge in [0.05, 0.1) is 0 Å². The first-order valence-electron chi connectivity index (χ1n) is 4.38. The molecule has 0 aliphatic carbocycles. The van der Waals surface area contributed by atoms with Gasteiger partial charge in [0.1, 0.15) is 0 Å². The van der Waals surface area contributed by atoms with Crippen LogP contribution in [-0.2, 0) is 0 Å². The average Bonchev–Trinajstić information content (AvgIpc) is 2.06. The summed E-state index contributed by atoms with van der Waals surface area (Å²) in [7, 11) is 0.